The van der Waals surface area contributed by atoms with E-state index in [-0.39, 0.29) is 57.3 Å². The first kappa shape index (κ1) is 10.6. The van der Waals surface area contributed by atoms with Crippen LogP contribution in [0.4, 0.5) is 0 Å². The van der Waals surface area contributed by atoms with Crippen molar-refractivity contribution < 1.29 is 4.79 Å². The van der Waals surface area contributed by atoms with Gasteiger partial charge in [0.2, 0.25) is 5.91 Å². The Hall–Kier alpha value is 0.596. The van der Waals surface area contributed by atoms with E-state index < -0.39 is 0 Å². The third-order valence-corrected chi connectivity index (χ3v) is 0.232. The molecule has 0 rings (SSSR count). The van der Waals surface area contributed by atoms with E-state index >= 15 is 0 Å². The summed E-state index contributed by atoms with van der Waals surface area (Å²) < 4.78 is 0. The standard InChI is InChI=1S/C3H4N2O.K.H/c1-3(6)5-2-4;;/h1H3,(H,5,6);;. The zero-order valence-corrected chi connectivity index (χ0v) is 3.36. The summed E-state index contributed by atoms with van der Waals surface area (Å²) in [4.78, 5) is 9.71. The predicted molar refractivity (Wildman–Crippen MR) is 26.6 cm³/mol. The van der Waals surface area contributed by atoms with Gasteiger partial charge in [0.05, 0.1) is 0 Å². The molecule has 4 heteroatoms. The van der Waals surface area contributed by atoms with Crippen LogP contribution in [0.2, 0.25) is 0 Å². The molecule has 0 aliphatic carbocycles. The molecule has 1 N–H and O–H groups in total. The summed E-state index contributed by atoms with van der Waals surface area (Å²) in [6.07, 6.45) is 1.47. The molecule has 0 saturated heterocycles. The summed E-state index contributed by atoms with van der Waals surface area (Å²) in [7, 11) is 0. The molecule has 3 nitrogen and oxygen atoms in total. The van der Waals surface area contributed by atoms with Gasteiger partial charge in [0, 0.05) is 6.92 Å². The summed E-state index contributed by atoms with van der Waals surface area (Å²) in [5, 5.41) is 9.53. The number of nitrogens with one attached hydrogen (secondary N) is 1. The zero-order valence-electron chi connectivity index (χ0n) is 3.36. The van der Waals surface area contributed by atoms with E-state index in [1.807, 2.05) is 5.32 Å². The van der Waals surface area contributed by atoms with Crippen molar-refractivity contribution in [2.24, 2.45) is 0 Å². The molecular formula is C3H5KN2O. The van der Waals surface area contributed by atoms with Gasteiger partial charge >= 0.3 is 51.4 Å². The molecule has 0 unspecified atom stereocenters. The van der Waals surface area contributed by atoms with Gasteiger partial charge in [-0.2, -0.15) is 5.26 Å². The molecule has 1 amide bonds. The molecule has 0 aliphatic rings. The molecule has 0 aromatic carbocycles. The fraction of sp³-hybridized carbons (Fsp3) is 0.333. The first-order valence-corrected chi connectivity index (χ1v) is 1.43. The summed E-state index contributed by atoms with van der Waals surface area (Å²) >= 11 is 0. The van der Waals surface area contributed by atoms with Gasteiger partial charge in [-0.1, -0.05) is 0 Å². The van der Waals surface area contributed by atoms with Gasteiger partial charge in [0.15, 0.2) is 6.19 Å². The Morgan fingerprint density at radius 2 is 2.29 bits per heavy atom. The molecule has 7 heavy (non-hydrogen) atoms. The van der Waals surface area contributed by atoms with Crippen LogP contribution in [0, 0.1) is 11.5 Å². The van der Waals surface area contributed by atoms with Crippen LogP contribution in [-0.4, -0.2) is 57.3 Å². The summed E-state index contributed by atoms with van der Waals surface area (Å²) in [5.74, 6) is -0.322. The second kappa shape index (κ2) is 6.60. The van der Waals surface area contributed by atoms with Crippen molar-refractivity contribution in [1.82, 2.24) is 5.32 Å². The summed E-state index contributed by atoms with van der Waals surface area (Å²) in [6, 6.07) is 0. The third-order valence-electron chi connectivity index (χ3n) is 0.232. The minimum atomic E-state index is -0.322. The Kier molecular flexibility index (Phi) is 9.95. The van der Waals surface area contributed by atoms with E-state index in [0.29, 0.717) is 0 Å². The molecule has 0 saturated carbocycles. The number of nitriles is 1. The molecule has 0 bridgehead atoms. The average molecular weight is 124 g/mol. The molecule has 0 fully saturated rings. The van der Waals surface area contributed by atoms with E-state index in [1.54, 1.807) is 0 Å². The van der Waals surface area contributed by atoms with E-state index in [1.165, 1.54) is 13.1 Å². The fourth-order valence-corrected chi connectivity index (χ4v) is 0.0787. The van der Waals surface area contributed by atoms with E-state index in [4.69, 9.17) is 5.26 Å². The minimum absolute atomic E-state index is 0. The van der Waals surface area contributed by atoms with Gasteiger partial charge in [-0.15, -0.1) is 0 Å². The Balaban J connectivity index is 0. The third kappa shape index (κ3) is 10.8. The number of rotatable bonds is 0. The van der Waals surface area contributed by atoms with Crippen LogP contribution in [0.5, 0.6) is 0 Å². The second-order valence-electron chi connectivity index (χ2n) is 0.793. The van der Waals surface area contributed by atoms with Crippen molar-refractivity contribution in [2.45, 2.75) is 6.92 Å². The molecule has 0 spiro atoms. The van der Waals surface area contributed by atoms with Crippen LogP contribution in [0.15, 0.2) is 0 Å². The van der Waals surface area contributed by atoms with Gasteiger partial charge in [-0.05, 0) is 0 Å². The van der Waals surface area contributed by atoms with Crippen LogP contribution in [0.3, 0.4) is 0 Å². The van der Waals surface area contributed by atoms with Crippen molar-refractivity contribution in [3.63, 3.8) is 0 Å². The Morgan fingerprint density at radius 3 is 2.29 bits per heavy atom. The van der Waals surface area contributed by atoms with Crippen LogP contribution < -0.4 is 5.32 Å². The van der Waals surface area contributed by atoms with Gasteiger partial charge in [0.25, 0.3) is 0 Å². The maximum absolute atomic E-state index is 9.71. The molecule has 34 valence electrons. The van der Waals surface area contributed by atoms with E-state index in [0.717, 1.165) is 0 Å². The van der Waals surface area contributed by atoms with E-state index in [9.17, 15) is 4.79 Å². The first-order chi connectivity index (χ1) is 2.77. The van der Waals surface area contributed by atoms with Crippen molar-refractivity contribution >= 4 is 57.3 Å². The second-order valence-corrected chi connectivity index (χ2v) is 0.793. The fourth-order valence-electron chi connectivity index (χ4n) is 0.0787. The summed E-state index contributed by atoms with van der Waals surface area (Å²) in [6.45, 7) is 1.28. The molecule has 0 radical (unpaired) electrons. The average Bonchev–Trinajstić information content (AvgIpc) is 1.35. The monoisotopic (exact) mass is 124 g/mol. The topological polar surface area (TPSA) is 52.9 Å². The van der Waals surface area contributed by atoms with Gasteiger partial charge in [-0.3, -0.25) is 10.1 Å². The van der Waals surface area contributed by atoms with Gasteiger partial charge in [-0.25, -0.2) is 0 Å². The molecule has 0 aromatic heterocycles. The molecule has 0 aromatic rings. The van der Waals surface area contributed by atoms with Crippen LogP contribution in [-0.2, 0) is 4.79 Å². The van der Waals surface area contributed by atoms with Crippen molar-refractivity contribution in [1.29, 1.82) is 5.26 Å². The SMILES string of the molecule is CC(=O)NC#N.[KH]. The number of carbonyl (C=O) groups is 1. The number of carbonyl (C=O) groups excluding carboxylic acids is 1. The quantitative estimate of drug-likeness (QED) is 0.254. The number of hydrogen-bond acceptors (Lipinski definition) is 2. The Labute approximate surface area is 84.5 Å². The van der Waals surface area contributed by atoms with Crippen molar-refractivity contribution in [3.05, 3.63) is 0 Å². The Bertz CT molecular complexity index is 95.6. The predicted octanol–water partition coefficient (Wildman–Crippen LogP) is -1.04. The number of hydrogen-bond donors (Lipinski definition) is 1. The molecular weight excluding hydrogens is 119 g/mol. The van der Waals surface area contributed by atoms with E-state index in [2.05, 4.69) is 0 Å². The zero-order chi connectivity index (χ0) is 4.99. The Morgan fingerprint density at radius 1 is 1.86 bits per heavy atom. The van der Waals surface area contributed by atoms with Crippen LogP contribution in [0.1, 0.15) is 6.92 Å². The van der Waals surface area contributed by atoms with Crippen molar-refractivity contribution in [2.75, 3.05) is 0 Å². The van der Waals surface area contributed by atoms with Crippen LogP contribution in [0.25, 0.3) is 0 Å². The first-order valence-electron chi connectivity index (χ1n) is 1.43. The molecule has 0 heterocycles. The van der Waals surface area contributed by atoms with Crippen molar-refractivity contribution in [3.8, 4) is 6.19 Å². The van der Waals surface area contributed by atoms with Gasteiger partial charge in [0.1, 0.15) is 0 Å². The van der Waals surface area contributed by atoms with Gasteiger partial charge < -0.3 is 0 Å². The number of nitrogens with zero attached hydrogens (tertiary/aromatic N) is 1. The summed E-state index contributed by atoms with van der Waals surface area (Å²) in [5.41, 5.74) is 0. The molecule has 0 aliphatic heterocycles. The van der Waals surface area contributed by atoms with Crippen LogP contribution >= 0.6 is 0 Å². The number of amides is 1. The molecule has 0 atom stereocenters. The normalized spacial score (nSPS) is 5.14. The maximum atomic E-state index is 9.71.